The van der Waals surface area contributed by atoms with E-state index in [0.717, 1.165) is 6.42 Å². The predicted octanol–water partition coefficient (Wildman–Crippen LogP) is 4.47. The van der Waals surface area contributed by atoms with Gasteiger partial charge in [0.05, 0.1) is 11.4 Å². The molecule has 0 spiro atoms. The van der Waals surface area contributed by atoms with E-state index in [4.69, 9.17) is 17.1 Å². The molecule has 0 bridgehead atoms. The molecule has 1 heterocycles. The van der Waals surface area contributed by atoms with Gasteiger partial charge >= 0.3 is 0 Å². The van der Waals surface area contributed by atoms with Crippen LogP contribution in [0.3, 0.4) is 0 Å². The Labute approximate surface area is 112 Å². The van der Waals surface area contributed by atoms with Gasteiger partial charge in [-0.05, 0) is 35.3 Å². The van der Waals surface area contributed by atoms with Gasteiger partial charge in [-0.3, -0.25) is 0 Å². The van der Waals surface area contributed by atoms with Gasteiger partial charge in [0.1, 0.15) is 5.82 Å². The molecule has 0 fully saturated rings. The number of aromatic nitrogens is 2. The first-order valence-corrected chi connectivity index (χ1v) is 6.42. The van der Waals surface area contributed by atoms with Gasteiger partial charge in [-0.2, -0.15) is 0 Å². The van der Waals surface area contributed by atoms with Crippen molar-refractivity contribution in [3.05, 3.63) is 27.0 Å². The van der Waals surface area contributed by atoms with Crippen molar-refractivity contribution in [2.24, 2.45) is 17.0 Å². The summed E-state index contributed by atoms with van der Waals surface area (Å²) in [5.41, 5.74) is 9.94. The smallest absolute Gasteiger partial charge is 0.150 e. The highest BCUT2D eigenvalue weighted by Gasteiger charge is 2.13. The molecule has 0 aliphatic carbocycles. The summed E-state index contributed by atoms with van der Waals surface area (Å²) < 4.78 is 0. The van der Waals surface area contributed by atoms with Crippen molar-refractivity contribution in [1.82, 2.24) is 9.97 Å². The van der Waals surface area contributed by atoms with E-state index < -0.39 is 0 Å². The lowest BCUT2D eigenvalue weighted by molar-refractivity contribution is 0.618. The second kappa shape index (κ2) is 6.57. The molecule has 5 nitrogen and oxygen atoms in total. The highest BCUT2D eigenvalue weighted by Crippen LogP contribution is 2.24. The lowest BCUT2D eigenvalue weighted by atomic mass is 10.1. The normalized spacial score (nSPS) is 10.8. The van der Waals surface area contributed by atoms with Gasteiger partial charge in [0, 0.05) is 4.91 Å². The van der Waals surface area contributed by atoms with E-state index in [9.17, 15) is 0 Å². The van der Waals surface area contributed by atoms with Crippen LogP contribution in [0.15, 0.2) is 5.11 Å². The van der Waals surface area contributed by atoms with Crippen molar-refractivity contribution < 1.29 is 0 Å². The first kappa shape index (κ1) is 14.7. The summed E-state index contributed by atoms with van der Waals surface area (Å²) in [6.07, 6.45) is 1.42. The molecule has 0 saturated heterocycles. The van der Waals surface area contributed by atoms with Crippen molar-refractivity contribution in [3.8, 4) is 0 Å². The minimum Gasteiger partial charge on any atom is -0.246 e. The van der Waals surface area contributed by atoms with E-state index >= 15 is 0 Å². The van der Waals surface area contributed by atoms with E-state index in [0.29, 0.717) is 40.6 Å². The standard InChI is InChI=1S/C12H18ClN5/c1-7(2)5-9-11(13)15-10(6-8(3)4)12(16-9)17-18-14/h7-8H,5-6H2,1-4H3. The number of rotatable bonds is 5. The molecule has 1 rings (SSSR count). The van der Waals surface area contributed by atoms with Crippen molar-refractivity contribution in [2.45, 2.75) is 40.5 Å². The van der Waals surface area contributed by atoms with Gasteiger partial charge in [0.25, 0.3) is 0 Å². The molecule has 0 aliphatic rings. The fourth-order valence-electron chi connectivity index (χ4n) is 1.63. The third kappa shape index (κ3) is 4.17. The summed E-state index contributed by atoms with van der Waals surface area (Å²) in [4.78, 5) is 11.5. The van der Waals surface area contributed by atoms with E-state index in [1.165, 1.54) is 0 Å². The molecule has 0 aliphatic heterocycles. The molecule has 98 valence electrons. The van der Waals surface area contributed by atoms with Crippen molar-refractivity contribution in [1.29, 1.82) is 0 Å². The molecule has 0 radical (unpaired) electrons. The van der Waals surface area contributed by atoms with Crippen molar-refractivity contribution in [3.63, 3.8) is 0 Å². The van der Waals surface area contributed by atoms with Crippen molar-refractivity contribution in [2.75, 3.05) is 0 Å². The minimum atomic E-state index is 0.353. The largest absolute Gasteiger partial charge is 0.246 e. The maximum atomic E-state index is 8.58. The fourth-order valence-corrected chi connectivity index (χ4v) is 1.86. The van der Waals surface area contributed by atoms with E-state index in [-0.39, 0.29) is 0 Å². The average Bonchev–Trinajstić information content (AvgIpc) is 2.23. The zero-order valence-corrected chi connectivity index (χ0v) is 11.9. The Bertz CT molecular complexity index is 464. The van der Waals surface area contributed by atoms with E-state index in [1.807, 2.05) is 0 Å². The SMILES string of the molecule is CC(C)Cc1nc(N=[N+]=[N-])c(CC(C)C)nc1Cl. The van der Waals surface area contributed by atoms with Crippen molar-refractivity contribution >= 4 is 17.4 Å². The van der Waals surface area contributed by atoms with Crippen LogP contribution in [-0.4, -0.2) is 9.97 Å². The summed E-state index contributed by atoms with van der Waals surface area (Å²) in [5.74, 6) is 1.18. The molecule has 0 saturated carbocycles. The Morgan fingerprint density at radius 1 is 1.11 bits per heavy atom. The van der Waals surface area contributed by atoms with Gasteiger partial charge in [-0.15, -0.1) is 0 Å². The number of hydrogen-bond donors (Lipinski definition) is 0. The maximum absolute atomic E-state index is 8.58. The number of hydrogen-bond acceptors (Lipinski definition) is 3. The first-order valence-electron chi connectivity index (χ1n) is 6.04. The monoisotopic (exact) mass is 267 g/mol. The van der Waals surface area contributed by atoms with Gasteiger partial charge < -0.3 is 0 Å². The molecular weight excluding hydrogens is 250 g/mol. The van der Waals surface area contributed by atoms with Crippen LogP contribution in [0.25, 0.3) is 10.4 Å². The van der Waals surface area contributed by atoms with Crippen LogP contribution in [-0.2, 0) is 12.8 Å². The summed E-state index contributed by atoms with van der Waals surface area (Å²) in [7, 11) is 0. The van der Waals surface area contributed by atoms with Crippen LogP contribution in [0.5, 0.6) is 0 Å². The Morgan fingerprint density at radius 3 is 2.17 bits per heavy atom. The molecule has 6 heteroatoms. The third-order valence-electron chi connectivity index (χ3n) is 2.31. The third-order valence-corrected chi connectivity index (χ3v) is 2.62. The zero-order valence-electron chi connectivity index (χ0n) is 11.2. The molecular formula is C12H18ClN5. The summed E-state index contributed by atoms with van der Waals surface area (Å²) in [6.45, 7) is 8.29. The molecule has 0 unspecified atom stereocenters. The van der Waals surface area contributed by atoms with Gasteiger partial charge in [0.2, 0.25) is 0 Å². The van der Waals surface area contributed by atoms with Crippen LogP contribution in [0.4, 0.5) is 5.82 Å². The first-order chi connectivity index (χ1) is 8.43. The number of halogens is 1. The van der Waals surface area contributed by atoms with Crippen LogP contribution in [0.1, 0.15) is 39.1 Å². The Kier molecular flexibility index (Phi) is 5.38. The zero-order chi connectivity index (χ0) is 13.7. The Hall–Kier alpha value is -1.32. The van der Waals surface area contributed by atoms with Gasteiger partial charge in [-0.25, -0.2) is 9.97 Å². The molecule has 1 aromatic rings. The topological polar surface area (TPSA) is 74.5 Å². The Balaban J connectivity index is 3.20. The second-order valence-corrected chi connectivity index (χ2v) is 5.47. The molecule has 18 heavy (non-hydrogen) atoms. The van der Waals surface area contributed by atoms with Gasteiger partial charge in [0.15, 0.2) is 5.15 Å². The highest BCUT2D eigenvalue weighted by atomic mass is 35.5. The molecule has 0 aromatic carbocycles. The molecule has 1 aromatic heterocycles. The average molecular weight is 268 g/mol. The molecule has 0 atom stereocenters. The minimum absolute atomic E-state index is 0.353. The fraction of sp³-hybridized carbons (Fsp3) is 0.667. The quantitative estimate of drug-likeness (QED) is 0.448. The predicted molar refractivity (Wildman–Crippen MR) is 72.9 cm³/mol. The van der Waals surface area contributed by atoms with Crippen LogP contribution >= 0.6 is 11.6 Å². The number of nitrogens with zero attached hydrogens (tertiary/aromatic N) is 5. The summed E-state index contributed by atoms with van der Waals surface area (Å²) in [5, 5.41) is 4.03. The Morgan fingerprint density at radius 2 is 1.67 bits per heavy atom. The summed E-state index contributed by atoms with van der Waals surface area (Å²) in [6, 6.07) is 0. The highest BCUT2D eigenvalue weighted by molar-refractivity contribution is 6.30. The molecule has 0 amide bonds. The summed E-state index contributed by atoms with van der Waals surface area (Å²) >= 11 is 6.12. The molecule has 0 N–H and O–H groups in total. The van der Waals surface area contributed by atoms with E-state index in [1.54, 1.807) is 0 Å². The number of azide groups is 1. The lowest BCUT2D eigenvalue weighted by Crippen LogP contribution is -2.05. The van der Waals surface area contributed by atoms with E-state index in [2.05, 4.69) is 47.7 Å². The maximum Gasteiger partial charge on any atom is 0.150 e. The van der Waals surface area contributed by atoms with Crippen LogP contribution in [0, 0.1) is 11.8 Å². The lowest BCUT2D eigenvalue weighted by Gasteiger charge is -2.11. The van der Waals surface area contributed by atoms with Gasteiger partial charge in [-0.1, -0.05) is 39.3 Å². The second-order valence-electron chi connectivity index (χ2n) is 5.12. The van der Waals surface area contributed by atoms with Crippen LogP contribution < -0.4 is 0 Å². The van der Waals surface area contributed by atoms with Crippen LogP contribution in [0.2, 0.25) is 5.15 Å².